The van der Waals surface area contributed by atoms with Gasteiger partial charge in [0.05, 0.1) is 39.3 Å². The van der Waals surface area contributed by atoms with Crippen LogP contribution in [0, 0.1) is 38.9 Å². The van der Waals surface area contributed by atoms with Crippen LogP contribution < -0.4 is 5.73 Å². The molecule has 0 unspecified atom stereocenters. The molecule has 2 heterocycles. The number of rotatable bonds is 9. The van der Waals surface area contributed by atoms with Crippen molar-refractivity contribution in [2.75, 3.05) is 13.2 Å². The summed E-state index contributed by atoms with van der Waals surface area (Å²) < 4.78 is 48.6. The van der Waals surface area contributed by atoms with Crippen LogP contribution in [0.1, 0.15) is 104 Å². The third-order valence-corrected chi connectivity index (χ3v) is 8.90. The van der Waals surface area contributed by atoms with Crippen molar-refractivity contribution in [3.63, 3.8) is 0 Å². The highest BCUT2D eigenvalue weighted by Crippen LogP contribution is 2.42. The Balaban J connectivity index is 2.16. The molecule has 2 aliphatic heterocycles. The van der Waals surface area contributed by atoms with E-state index >= 15 is 0 Å². The number of esters is 5. The molecule has 0 bridgehead atoms. The lowest BCUT2D eigenvalue weighted by molar-refractivity contribution is -0.344. The van der Waals surface area contributed by atoms with Gasteiger partial charge >= 0.3 is 29.8 Å². The summed E-state index contributed by atoms with van der Waals surface area (Å²) in [7, 11) is 0. The average molecular weight is 766 g/mol. The zero-order valence-corrected chi connectivity index (χ0v) is 34.7. The van der Waals surface area contributed by atoms with Crippen molar-refractivity contribution in [2.24, 2.45) is 44.6 Å². The molecule has 54 heavy (non-hydrogen) atoms. The SMILES string of the molecule is CC(C)(C)C(=O)OCC1=C[C@H](N)[C@@H]2C=CO[C@@H](O[C@@H]3O[C@H](COC(=O)C(C)(C)C)[C@@H](OC(=O)C(C)(C)C)[C@H](OC(=O)C(C)(C)C)[C@H]3OC(=O)C(C)(C)C)[C@H]12. The minimum absolute atomic E-state index is 0.0853. The van der Waals surface area contributed by atoms with Gasteiger partial charge in [0.1, 0.15) is 19.3 Å². The standard InChI is InChI=1S/C40H63NO13/c1-36(2,3)31(42)48-19-21-18-23(41)22-16-17-47-29(25(21)22)54-30-28(53-35(46)40(13,14)15)27(52-34(45)39(10,11)12)26(51-33(44)38(7,8)9)24(50-30)20-49-32(43)37(4,5)6/h16-18,22-30H,19-20,41H2,1-15H3/t22-,23-,24+,25+,26+,27-,28+,29-,30-/m0/s1. The molecule has 0 radical (unpaired) electrons. The highest BCUT2D eigenvalue weighted by molar-refractivity contribution is 5.78. The molecule has 1 saturated heterocycles. The minimum atomic E-state index is -1.54. The summed E-state index contributed by atoms with van der Waals surface area (Å²) in [6, 6.07) is -0.474. The molecule has 3 aliphatic rings. The van der Waals surface area contributed by atoms with E-state index in [0.29, 0.717) is 5.57 Å². The van der Waals surface area contributed by atoms with Crippen LogP contribution in [-0.2, 0) is 61.9 Å². The average Bonchev–Trinajstić information content (AvgIpc) is 3.34. The predicted molar refractivity (Wildman–Crippen MR) is 196 cm³/mol. The smallest absolute Gasteiger partial charge is 0.311 e. The molecule has 0 aromatic carbocycles. The summed E-state index contributed by atoms with van der Waals surface area (Å²) >= 11 is 0. The lowest BCUT2D eigenvalue weighted by Crippen LogP contribution is -2.65. The monoisotopic (exact) mass is 765 g/mol. The molecule has 9 atom stereocenters. The minimum Gasteiger partial charge on any atom is -0.472 e. The van der Waals surface area contributed by atoms with Gasteiger partial charge in [-0.25, -0.2) is 0 Å². The van der Waals surface area contributed by atoms with Gasteiger partial charge < -0.3 is 43.6 Å². The number of fused-ring (bicyclic) bond motifs is 1. The van der Waals surface area contributed by atoms with Crippen molar-refractivity contribution in [1.82, 2.24) is 0 Å². The second-order valence-corrected chi connectivity index (χ2v) is 19.5. The van der Waals surface area contributed by atoms with E-state index in [1.54, 1.807) is 116 Å². The molecule has 0 spiro atoms. The van der Waals surface area contributed by atoms with Crippen LogP contribution in [-0.4, -0.2) is 86.1 Å². The lowest BCUT2D eigenvalue weighted by atomic mass is 9.87. The van der Waals surface area contributed by atoms with Crippen molar-refractivity contribution in [2.45, 2.75) is 147 Å². The Morgan fingerprint density at radius 2 is 1.06 bits per heavy atom. The molecule has 0 aromatic rings. The van der Waals surface area contributed by atoms with E-state index in [0.717, 1.165) is 0 Å². The van der Waals surface area contributed by atoms with Gasteiger partial charge in [0.15, 0.2) is 18.3 Å². The number of ether oxygens (including phenoxy) is 8. The maximum absolute atomic E-state index is 13.6. The van der Waals surface area contributed by atoms with Gasteiger partial charge in [0.25, 0.3) is 0 Å². The first-order chi connectivity index (χ1) is 24.4. The van der Waals surface area contributed by atoms with Crippen LogP contribution in [0.5, 0.6) is 0 Å². The van der Waals surface area contributed by atoms with Crippen molar-refractivity contribution in [3.8, 4) is 0 Å². The molecule has 14 nitrogen and oxygen atoms in total. The van der Waals surface area contributed by atoms with E-state index in [4.69, 9.17) is 43.6 Å². The van der Waals surface area contributed by atoms with Crippen molar-refractivity contribution >= 4 is 29.8 Å². The normalized spacial score (nSPS) is 28.9. The largest absolute Gasteiger partial charge is 0.472 e. The highest BCUT2D eigenvalue weighted by atomic mass is 16.8. The van der Waals surface area contributed by atoms with Gasteiger partial charge in [-0.3, -0.25) is 24.0 Å². The molecule has 1 fully saturated rings. The topological polar surface area (TPSA) is 185 Å². The Hall–Kier alpha value is -3.49. The summed E-state index contributed by atoms with van der Waals surface area (Å²) in [6.45, 7) is 24.5. The van der Waals surface area contributed by atoms with Crippen LogP contribution in [0.2, 0.25) is 0 Å². The van der Waals surface area contributed by atoms with Crippen LogP contribution in [0.3, 0.4) is 0 Å². The number of carbonyl (C=O) groups excluding carboxylic acids is 5. The molecule has 14 heteroatoms. The Bertz CT molecular complexity index is 1460. The molecule has 0 amide bonds. The summed E-state index contributed by atoms with van der Waals surface area (Å²) in [5, 5.41) is 0. The maximum atomic E-state index is 13.6. The Kier molecular flexibility index (Phi) is 13.6. The fraction of sp³-hybridized carbons (Fsp3) is 0.775. The number of hydrogen-bond acceptors (Lipinski definition) is 14. The second-order valence-electron chi connectivity index (χ2n) is 19.5. The van der Waals surface area contributed by atoms with E-state index in [1.165, 1.54) is 6.26 Å². The molecule has 3 rings (SSSR count). The Morgan fingerprint density at radius 3 is 1.54 bits per heavy atom. The zero-order valence-electron chi connectivity index (χ0n) is 34.7. The number of carbonyl (C=O) groups is 5. The van der Waals surface area contributed by atoms with Gasteiger partial charge in [0, 0.05) is 12.0 Å². The summed E-state index contributed by atoms with van der Waals surface area (Å²) in [4.78, 5) is 66.5. The fourth-order valence-electron chi connectivity index (χ4n) is 5.42. The van der Waals surface area contributed by atoms with Gasteiger partial charge in [-0.15, -0.1) is 0 Å². The van der Waals surface area contributed by atoms with Crippen LogP contribution >= 0.6 is 0 Å². The van der Waals surface area contributed by atoms with E-state index in [-0.39, 0.29) is 12.5 Å². The van der Waals surface area contributed by atoms with Crippen molar-refractivity contribution in [3.05, 3.63) is 24.0 Å². The predicted octanol–water partition coefficient (Wildman–Crippen LogP) is 5.15. The molecule has 1 aliphatic carbocycles. The first-order valence-corrected chi connectivity index (χ1v) is 18.5. The zero-order chi connectivity index (χ0) is 41.4. The van der Waals surface area contributed by atoms with E-state index in [1.807, 2.05) is 0 Å². The third kappa shape index (κ3) is 11.3. The van der Waals surface area contributed by atoms with Crippen molar-refractivity contribution < 1.29 is 61.9 Å². The van der Waals surface area contributed by atoms with E-state index < -0.39 is 112 Å². The van der Waals surface area contributed by atoms with E-state index in [9.17, 15) is 24.0 Å². The number of hydrogen-bond donors (Lipinski definition) is 1. The Labute approximate surface area is 320 Å². The van der Waals surface area contributed by atoms with Crippen molar-refractivity contribution in [1.29, 1.82) is 0 Å². The molecular weight excluding hydrogens is 702 g/mol. The number of nitrogens with two attached hydrogens (primary N) is 1. The third-order valence-electron chi connectivity index (χ3n) is 8.90. The lowest BCUT2D eigenvalue weighted by Gasteiger charge is -2.47. The van der Waals surface area contributed by atoms with Gasteiger partial charge in [0.2, 0.25) is 12.6 Å². The summed E-state index contributed by atoms with van der Waals surface area (Å²) in [5.74, 6) is -3.96. The second kappa shape index (κ2) is 16.3. The molecular formula is C40H63NO13. The fourth-order valence-corrected chi connectivity index (χ4v) is 5.42. The van der Waals surface area contributed by atoms with Crippen LogP contribution in [0.25, 0.3) is 0 Å². The Morgan fingerprint density at radius 1 is 0.611 bits per heavy atom. The van der Waals surface area contributed by atoms with Crippen LogP contribution in [0.4, 0.5) is 0 Å². The van der Waals surface area contributed by atoms with Gasteiger partial charge in [-0.05, 0) is 116 Å². The first kappa shape index (κ1) is 44.9. The molecule has 2 N–H and O–H groups in total. The molecule has 306 valence electrons. The quantitative estimate of drug-likeness (QED) is 0.185. The van der Waals surface area contributed by atoms with Gasteiger partial charge in [-0.2, -0.15) is 0 Å². The van der Waals surface area contributed by atoms with Crippen LogP contribution in [0.15, 0.2) is 24.0 Å². The summed E-state index contributed by atoms with van der Waals surface area (Å²) in [6.07, 6.45) is -3.39. The van der Waals surface area contributed by atoms with E-state index in [2.05, 4.69) is 0 Å². The molecule has 0 saturated carbocycles. The molecule has 0 aromatic heterocycles. The summed E-state index contributed by atoms with van der Waals surface area (Å²) in [5.41, 5.74) is 2.40. The maximum Gasteiger partial charge on any atom is 0.311 e. The van der Waals surface area contributed by atoms with Gasteiger partial charge in [-0.1, -0.05) is 6.08 Å². The first-order valence-electron chi connectivity index (χ1n) is 18.5. The highest BCUT2D eigenvalue weighted by Gasteiger charge is 2.57.